The van der Waals surface area contributed by atoms with Crippen molar-refractivity contribution in [1.29, 1.82) is 5.26 Å². The number of nitrogens with zero attached hydrogens (tertiary/aromatic N) is 2. The molecule has 0 spiro atoms. The SMILES string of the molecule is N#Cc1ccnc(SCC(=O)c2ccc(OC(F)F)cc2)c1. The maximum atomic E-state index is 12.0. The lowest BCUT2D eigenvalue weighted by atomic mass is 10.1. The average molecular weight is 320 g/mol. The first kappa shape index (κ1) is 15.9. The standard InChI is InChI=1S/C15H10F2N2O2S/c16-15(17)21-12-3-1-11(2-4-12)13(20)9-22-14-7-10(8-18)5-6-19-14/h1-7,15H,9H2. The van der Waals surface area contributed by atoms with E-state index >= 15 is 0 Å². The third-order valence-corrected chi connectivity index (χ3v) is 3.54. The van der Waals surface area contributed by atoms with Crippen molar-refractivity contribution in [1.82, 2.24) is 4.98 Å². The van der Waals surface area contributed by atoms with Crippen molar-refractivity contribution >= 4 is 17.5 Å². The average Bonchev–Trinajstić information content (AvgIpc) is 2.53. The Morgan fingerprint density at radius 3 is 2.68 bits per heavy atom. The first-order chi connectivity index (χ1) is 10.6. The number of hydrogen-bond donors (Lipinski definition) is 0. The number of rotatable bonds is 6. The molecule has 0 amide bonds. The maximum absolute atomic E-state index is 12.0. The fraction of sp³-hybridized carbons (Fsp3) is 0.133. The second-order valence-corrected chi connectivity index (χ2v) is 5.10. The van der Waals surface area contributed by atoms with E-state index in [9.17, 15) is 13.6 Å². The molecule has 0 aliphatic heterocycles. The molecule has 2 rings (SSSR count). The Labute approximate surface area is 129 Å². The number of Topliss-reactive ketones (excluding diaryl/α,β-unsaturated/α-hetero) is 1. The van der Waals surface area contributed by atoms with Gasteiger partial charge < -0.3 is 4.74 Å². The number of benzene rings is 1. The van der Waals surface area contributed by atoms with Gasteiger partial charge in [0.2, 0.25) is 0 Å². The summed E-state index contributed by atoms with van der Waals surface area (Å²) in [4.78, 5) is 16.1. The van der Waals surface area contributed by atoms with E-state index < -0.39 is 6.61 Å². The largest absolute Gasteiger partial charge is 0.435 e. The molecule has 4 nitrogen and oxygen atoms in total. The first-order valence-corrected chi connectivity index (χ1v) is 7.14. The topological polar surface area (TPSA) is 63.0 Å². The molecule has 2 aromatic rings. The summed E-state index contributed by atoms with van der Waals surface area (Å²) in [5.41, 5.74) is 0.865. The van der Waals surface area contributed by atoms with Gasteiger partial charge in [0, 0.05) is 11.8 Å². The fourth-order valence-electron chi connectivity index (χ4n) is 1.60. The van der Waals surface area contributed by atoms with Gasteiger partial charge in [-0.15, -0.1) is 0 Å². The van der Waals surface area contributed by atoms with Crippen LogP contribution in [-0.4, -0.2) is 23.1 Å². The normalized spacial score (nSPS) is 10.3. The number of alkyl halides is 2. The summed E-state index contributed by atoms with van der Waals surface area (Å²) in [6.45, 7) is -2.89. The van der Waals surface area contributed by atoms with Gasteiger partial charge in [-0.25, -0.2) is 4.98 Å². The lowest BCUT2D eigenvalue weighted by Crippen LogP contribution is -2.04. The van der Waals surface area contributed by atoms with Crippen molar-refractivity contribution in [3.05, 3.63) is 53.7 Å². The number of pyridine rings is 1. The number of carbonyl (C=O) groups excluding carboxylic acids is 1. The molecule has 22 heavy (non-hydrogen) atoms. The number of hydrogen-bond acceptors (Lipinski definition) is 5. The van der Waals surface area contributed by atoms with Crippen molar-refractivity contribution in [2.75, 3.05) is 5.75 Å². The highest BCUT2D eigenvalue weighted by Crippen LogP contribution is 2.19. The van der Waals surface area contributed by atoms with Gasteiger partial charge in [0.25, 0.3) is 0 Å². The van der Waals surface area contributed by atoms with Gasteiger partial charge in [0.15, 0.2) is 5.78 Å². The predicted octanol–water partition coefficient (Wildman–Crippen LogP) is 3.53. The minimum absolute atomic E-state index is 0.00240. The molecular weight excluding hydrogens is 310 g/mol. The quantitative estimate of drug-likeness (QED) is 0.602. The molecule has 0 aliphatic carbocycles. The van der Waals surface area contributed by atoms with Gasteiger partial charge in [-0.1, -0.05) is 11.8 Å². The highest BCUT2D eigenvalue weighted by Gasteiger charge is 2.09. The molecule has 0 atom stereocenters. The monoisotopic (exact) mass is 320 g/mol. The van der Waals surface area contributed by atoms with E-state index in [1.54, 1.807) is 12.1 Å². The van der Waals surface area contributed by atoms with Crippen molar-refractivity contribution < 1.29 is 18.3 Å². The number of halogens is 2. The van der Waals surface area contributed by atoms with Gasteiger partial charge in [-0.05, 0) is 36.4 Å². The zero-order chi connectivity index (χ0) is 15.9. The Bertz CT molecular complexity index is 699. The molecule has 1 aromatic carbocycles. The van der Waals surface area contributed by atoms with Gasteiger partial charge >= 0.3 is 6.61 Å². The van der Waals surface area contributed by atoms with E-state index in [0.717, 1.165) is 0 Å². The molecule has 0 N–H and O–H groups in total. The molecule has 0 unspecified atom stereocenters. The van der Waals surface area contributed by atoms with Crippen molar-refractivity contribution in [2.45, 2.75) is 11.6 Å². The van der Waals surface area contributed by atoms with Crippen molar-refractivity contribution in [2.24, 2.45) is 0 Å². The summed E-state index contributed by atoms with van der Waals surface area (Å²) in [7, 11) is 0. The van der Waals surface area contributed by atoms with E-state index in [4.69, 9.17) is 5.26 Å². The number of ether oxygens (including phenoxy) is 1. The molecule has 0 radical (unpaired) electrons. The number of carbonyl (C=O) groups is 1. The van der Waals surface area contributed by atoms with Crippen LogP contribution in [0, 0.1) is 11.3 Å². The van der Waals surface area contributed by atoms with Gasteiger partial charge in [0.05, 0.1) is 22.4 Å². The highest BCUT2D eigenvalue weighted by atomic mass is 32.2. The Hall–Kier alpha value is -2.46. The second kappa shape index (κ2) is 7.52. The van der Waals surface area contributed by atoms with Gasteiger partial charge in [0.1, 0.15) is 5.75 Å². The molecule has 0 aliphatic rings. The van der Waals surface area contributed by atoms with Crippen LogP contribution in [-0.2, 0) is 0 Å². The fourth-order valence-corrected chi connectivity index (χ4v) is 2.39. The van der Waals surface area contributed by atoms with Crippen molar-refractivity contribution in [3.63, 3.8) is 0 Å². The van der Waals surface area contributed by atoms with Gasteiger partial charge in [-0.3, -0.25) is 4.79 Å². The summed E-state index contributed by atoms with van der Waals surface area (Å²) in [5.74, 6) is -0.0305. The lowest BCUT2D eigenvalue weighted by Gasteiger charge is -2.05. The third-order valence-electron chi connectivity index (χ3n) is 2.62. The second-order valence-electron chi connectivity index (χ2n) is 4.11. The Balaban J connectivity index is 1.96. The van der Waals surface area contributed by atoms with E-state index in [1.807, 2.05) is 6.07 Å². The predicted molar refractivity (Wildman–Crippen MR) is 77.1 cm³/mol. The molecule has 0 bridgehead atoms. The molecule has 0 saturated heterocycles. The Morgan fingerprint density at radius 2 is 2.05 bits per heavy atom. The summed E-state index contributed by atoms with van der Waals surface area (Å²) < 4.78 is 28.3. The number of nitriles is 1. The van der Waals surface area contributed by atoms with Crippen LogP contribution in [0.3, 0.4) is 0 Å². The number of aromatic nitrogens is 1. The van der Waals surface area contributed by atoms with Crippen LogP contribution in [0.2, 0.25) is 0 Å². The maximum Gasteiger partial charge on any atom is 0.387 e. The highest BCUT2D eigenvalue weighted by molar-refractivity contribution is 7.99. The van der Waals surface area contributed by atoms with Crippen LogP contribution in [0.5, 0.6) is 5.75 Å². The lowest BCUT2D eigenvalue weighted by molar-refractivity contribution is -0.0498. The molecule has 1 aromatic heterocycles. The summed E-state index contributed by atoms with van der Waals surface area (Å²) in [5, 5.41) is 9.36. The van der Waals surface area contributed by atoms with Crippen LogP contribution in [0.4, 0.5) is 8.78 Å². The van der Waals surface area contributed by atoms with Crippen LogP contribution in [0.15, 0.2) is 47.6 Å². The number of thioether (sulfide) groups is 1. The van der Waals surface area contributed by atoms with Crippen molar-refractivity contribution in [3.8, 4) is 11.8 Å². The summed E-state index contributed by atoms with van der Waals surface area (Å²) >= 11 is 1.20. The molecular formula is C15H10F2N2O2S. The molecule has 0 saturated carbocycles. The van der Waals surface area contributed by atoms with Crippen LogP contribution in [0.1, 0.15) is 15.9 Å². The summed E-state index contributed by atoms with van der Waals surface area (Å²) in [6.07, 6.45) is 1.50. The van der Waals surface area contributed by atoms with Crippen LogP contribution < -0.4 is 4.74 Å². The molecule has 0 fully saturated rings. The zero-order valence-electron chi connectivity index (χ0n) is 11.2. The molecule has 112 valence electrons. The minimum Gasteiger partial charge on any atom is -0.435 e. The molecule has 7 heteroatoms. The van der Waals surface area contributed by atoms with E-state index in [-0.39, 0.29) is 17.3 Å². The first-order valence-electron chi connectivity index (χ1n) is 6.15. The van der Waals surface area contributed by atoms with E-state index in [2.05, 4.69) is 9.72 Å². The third kappa shape index (κ3) is 4.53. The van der Waals surface area contributed by atoms with Crippen LogP contribution in [0.25, 0.3) is 0 Å². The smallest absolute Gasteiger partial charge is 0.387 e. The van der Waals surface area contributed by atoms with E-state index in [0.29, 0.717) is 16.2 Å². The van der Waals surface area contributed by atoms with E-state index in [1.165, 1.54) is 42.2 Å². The Morgan fingerprint density at radius 1 is 1.32 bits per heavy atom. The number of ketones is 1. The molecule has 1 heterocycles. The summed E-state index contributed by atoms with van der Waals surface area (Å²) in [6, 6.07) is 10.7. The van der Waals surface area contributed by atoms with Crippen LogP contribution >= 0.6 is 11.8 Å². The zero-order valence-corrected chi connectivity index (χ0v) is 12.0. The van der Waals surface area contributed by atoms with Gasteiger partial charge in [-0.2, -0.15) is 14.0 Å². The minimum atomic E-state index is -2.89. The Kier molecular flexibility index (Phi) is 5.44.